The molecule has 0 aliphatic carbocycles. The Morgan fingerprint density at radius 1 is 0.972 bits per heavy atom. The predicted octanol–water partition coefficient (Wildman–Crippen LogP) is 5.46. The second-order valence-electron chi connectivity index (χ2n) is 11.1. The summed E-state index contributed by atoms with van der Waals surface area (Å²) in [5, 5.41) is 6.33. The highest BCUT2D eigenvalue weighted by Gasteiger charge is 2.37. The van der Waals surface area contributed by atoms with Crippen LogP contribution in [0.15, 0.2) is 54.7 Å². The van der Waals surface area contributed by atoms with E-state index in [0.29, 0.717) is 18.0 Å². The molecular formula is C29H36N6O. The topological polar surface area (TPSA) is 73.4 Å². The summed E-state index contributed by atoms with van der Waals surface area (Å²) in [6.45, 7) is 10.1. The van der Waals surface area contributed by atoms with Crippen LogP contribution in [-0.4, -0.2) is 53.0 Å². The first-order valence-corrected chi connectivity index (χ1v) is 12.8. The molecule has 1 aromatic heterocycles. The molecular weight excluding hydrogens is 448 g/mol. The minimum Gasteiger partial charge on any atom is -0.368 e. The number of aromatic nitrogens is 2. The van der Waals surface area contributed by atoms with Crippen LogP contribution in [-0.2, 0) is 4.79 Å². The van der Waals surface area contributed by atoms with Crippen molar-refractivity contribution in [2.45, 2.75) is 52.6 Å². The molecule has 7 heteroatoms. The van der Waals surface area contributed by atoms with Gasteiger partial charge in [-0.3, -0.25) is 9.69 Å². The van der Waals surface area contributed by atoms with Gasteiger partial charge in [0, 0.05) is 59.4 Å². The zero-order chi connectivity index (χ0) is 25.4. The molecule has 3 heterocycles. The van der Waals surface area contributed by atoms with Crippen molar-refractivity contribution in [2.24, 2.45) is 5.41 Å². The summed E-state index contributed by atoms with van der Waals surface area (Å²) in [6.07, 6.45) is 4.37. The van der Waals surface area contributed by atoms with E-state index < -0.39 is 5.41 Å². The molecule has 7 nitrogen and oxygen atoms in total. The van der Waals surface area contributed by atoms with Gasteiger partial charge in [0.15, 0.2) is 0 Å². The van der Waals surface area contributed by atoms with Crippen molar-refractivity contribution < 1.29 is 4.79 Å². The van der Waals surface area contributed by atoms with E-state index in [4.69, 9.17) is 4.98 Å². The maximum Gasteiger partial charge on any atom is 0.229 e. The molecule has 3 aromatic rings. The fourth-order valence-corrected chi connectivity index (χ4v) is 5.15. The van der Waals surface area contributed by atoms with Gasteiger partial charge in [0.25, 0.3) is 0 Å². The molecule has 188 valence electrons. The molecule has 2 aliphatic rings. The summed E-state index contributed by atoms with van der Waals surface area (Å²) >= 11 is 0. The molecule has 0 radical (unpaired) electrons. The fraction of sp³-hybridized carbons (Fsp3) is 0.414. The van der Waals surface area contributed by atoms with Crippen molar-refractivity contribution in [1.82, 2.24) is 14.9 Å². The van der Waals surface area contributed by atoms with Gasteiger partial charge >= 0.3 is 0 Å². The summed E-state index contributed by atoms with van der Waals surface area (Å²) in [7, 11) is 2.27. The number of amides is 1. The number of anilines is 4. The number of piperazine rings is 1. The van der Waals surface area contributed by atoms with Crippen LogP contribution in [0.1, 0.15) is 39.2 Å². The highest BCUT2D eigenvalue weighted by atomic mass is 16.2. The van der Waals surface area contributed by atoms with E-state index in [2.05, 4.69) is 57.6 Å². The summed E-state index contributed by atoms with van der Waals surface area (Å²) < 4.78 is 0. The quantitative estimate of drug-likeness (QED) is 0.501. The molecule has 2 aliphatic heterocycles. The van der Waals surface area contributed by atoms with Crippen LogP contribution in [0.25, 0.3) is 11.3 Å². The number of rotatable bonds is 5. The van der Waals surface area contributed by atoms with E-state index >= 15 is 0 Å². The molecule has 2 unspecified atom stereocenters. The molecule has 5 rings (SSSR count). The van der Waals surface area contributed by atoms with Crippen molar-refractivity contribution in [1.29, 1.82) is 0 Å². The lowest BCUT2D eigenvalue weighted by atomic mass is 9.95. The second-order valence-corrected chi connectivity index (χ2v) is 11.1. The third-order valence-corrected chi connectivity index (χ3v) is 7.42. The number of benzene rings is 2. The van der Waals surface area contributed by atoms with Crippen molar-refractivity contribution in [3.05, 3.63) is 60.3 Å². The van der Waals surface area contributed by atoms with Gasteiger partial charge in [0.05, 0.1) is 5.69 Å². The number of carbonyl (C=O) groups excluding carboxylic acids is 1. The average Bonchev–Trinajstić information content (AvgIpc) is 3.03. The Labute approximate surface area is 213 Å². The molecule has 2 bridgehead atoms. The van der Waals surface area contributed by atoms with Gasteiger partial charge < -0.3 is 15.5 Å². The van der Waals surface area contributed by atoms with Gasteiger partial charge in [-0.05, 0) is 68.8 Å². The first kappa shape index (κ1) is 24.3. The molecule has 2 fully saturated rings. The van der Waals surface area contributed by atoms with Gasteiger partial charge in [-0.1, -0.05) is 32.9 Å². The third-order valence-electron chi connectivity index (χ3n) is 7.42. The number of hydrogen-bond donors (Lipinski definition) is 2. The normalized spacial score (nSPS) is 19.9. The maximum atomic E-state index is 12.2. The Hall–Kier alpha value is -3.45. The smallest absolute Gasteiger partial charge is 0.229 e. The van der Waals surface area contributed by atoms with Crippen LogP contribution in [0, 0.1) is 12.3 Å². The minimum atomic E-state index is -0.438. The van der Waals surface area contributed by atoms with Gasteiger partial charge in [-0.15, -0.1) is 0 Å². The monoisotopic (exact) mass is 484 g/mol. The van der Waals surface area contributed by atoms with E-state index in [1.54, 1.807) is 6.20 Å². The molecule has 36 heavy (non-hydrogen) atoms. The van der Waals surface area contributed by atoms with E-state index in [1.807, 2.05) is 51.1 Å². The molecule has 2 aromatic carbocycles. The van der Waals surface area contributed by atoms with Crippen molar-refractivity contribution in [3.8, 4) is 11.3 Å². The molecule has 0 saturated carbocycles. The number of fused-ring (bicyclic) bond motifs is 2. The fourth-order valence-electron chi connectivity index (χ4n) is 5.15. The van der Waals surface area contributed by atoms with Gasteiger partial charge in [0.2, 0.25) is 11.9 Å². The second kappa shape index (κ2) is 9.54. The first-order chi connectivity index (χ1) is 17.2. The van der Waals surface area contributed by atoms with Crippen molar-refractivity contribution >= 4 is 28.9 Å². The SMILES string of the molecule is Cc1cc(Nc2nccc(-c3ccc(NC(=O)C(C)(C)C)cc3)n2)ccc1N1CC2CCC(C1)N2C. The Balaban J connectivity index is 1.27. The highest BCUT2D eigenvalue weighted by molar-refractivity contribution is 5.94. The number of aryl methyl sites for hydroxylation is 1. The summed E-state index contributed by atoms with van der Waals surface area (Å²) in [5.41, 5.74) is 5.67. The van der Waals surface area contributed by atoms with Crippen LogP contribution in [0.2, 0.25) is 0 Å². The Morgan fingerprint density at radius 2 is 1.64 bits per heavy atom. The number of likely N-dealkylation sites (N-methyl/N-ethyl adjacent to an activating group) is 1. The zero-order valence-corrected chi connectivity index (χ0v) is 21.9. The Bertz CT molecular complexity index is 1240. The zero-order valence-electron chi connectivity index (χ0n) is 21.9. The van der Waals surface area contributed by atoms with Gasteiger partial charge in [0.1, 0.15) is 0 Å². The van der Waals surface area contributed by atoms with Crippen LogP contribution >= 0.6 is 0 Å². The van der Waals surface area contributed by atoms with E-state index in [-0.39, 0.29) is 5.91 Å². The van der Waals surface area contributed by atoms with Crippen LogP contribution < -0.4 is 15.5 Å². The van der Waals surface area contributed by atoms with E-state index in [9.17, 15) is 4.79 Å². The molecule has 2 saturated heterocycles. The Kier molecular flexibility index (Phi) is 6.43. The van der Waals surface area contributed by atoms with Gasteiger partial charge in [-0.25, -0.2) is 9.97 Å². The number of nitrogens with zero attached hydrogens (tertiary/aromatic N) is 4. The van der Waals surface area contributed by atoms with Crippen LogP contribution in [0.4, 0.5) is 23.0 Å². The van der Waals surface area contributed by atoms with Gasteiger partial charge in [-0.2, -0.15) is 0 Å². The highest BCUT2D eigenvalue weighted by Crippen LogP contribution is 2.34. The molecule has 2 N–H and O–H groups in total. The predicted molar refractivity (Wildman–Crippen MR) is 147 cm³/mol. The van der Waals surface area contributed by atoms with E-state index in [0.717, 1.165) is 35.7 Å². The third kappa shape index (κ3) is 5.07. The standard InChI is InChI=1S/C29H36N6O/c1-19-16-22(10-13-26(19)35-17-23-11-12-24(18-35)34(23)5)32-28-30-15-14-25(33-28)20-6-8-21(9-7-20)31-27(36)29(2,3)4/h6-10,13-16,23-24H,11-12,17-18H2,1-5H3,(H,31,36)(H,30,32,33). The average molecular weight is 485 g/mol. The van der Waals surface area contributed by atoms with Crippen molar-refractivity contribution in [3.63, 3.8) is 0 Å². The molecule has 1 amide bonds. The summed E-state index contributed by atoms with van der Waals surface area (Å²) in [5.74, 6) is 0.549. The molecule has 2 atom stereocenters. The number of hydrogen-bond acceptors (Lipinski definition) is 6. The lowest BCUT2D eigenvalue weighted by Gasteiger charge is -2.40. The maximum absolute atomic E-state index is 12.2. The first-order valence-electron chi connectivity index (χ1n) is 12.8. The largest absolute Gasteiger partial charge is 0.368 e. The van der Waals surface area contributed by atoms with Crippen molar-refractivity contribution in [2.75, 3.05) is 35.7 Å². The lowest BCUT2D eigenvalue weighted by molar-refractivity contribution is -0.123. The number of nitrogens with one attached hydrogen (secondary N) is 2. The van der Waals surface area contributed by atoms with Crippen LogP contribution in [0.3, 0.4) is 0 Å². The molecule has 0 spiro atoms. The van der Waals surface area contributed by atoms with E-state index in [1.165, 1.54) is 24.1 Å². The minimum absolute atomic E-state index is 0.00920. The summed E-state index contributed by atoms with van der Waals surface area (Å²) in [6, 6.07) is 17.5. The number of carbonyl (C=O) groups is 1. The summed E-state index contributed by atoms with van der Waals surface area (Å²) in [4.78, 5) is 26.5. The lowest BCUT2D eigenvalue weighted by Crippen LogP contribution is -2.52. The Morgan fingerprint density at radius 3 is 2.28 bits per heavy atom. The van der Waals surface area contributed by atoms with Crippen LogP contribution in [0.5, 0.6) is 0 Å².